The van der Waals surface area contributed by atoms with E-state index in [1.54, 1.807) is 0 Å². The summed E-state index contributed by atoms with van der Waals surface area (Å²) in [6.07, 6.45) is 8.51. The SMILES string of the molecule is O=C1SC2c3ccccc3C1c1c2c2[nH]c1=Cc1ccc([nH]1)C=c1ccc([nH]1)=Cc1ccc([nH]1)C=2. The first-order valence-electron chi connectivity index (χ1n) is 11.7. The number of hydrogen-bond donors (Lipinski definition) is 4. The monoisotopic (exact) mass is 472 g/mol. The van der Waals surface area contributed by atoms with Gasteiger partial charge in [0, 0.05) is 44.2 Å². The number of benzene rings is 1. The van der Waals surface area contributed by atoms with Crippen LogP contribution in [0.4, 0.5) is 0 Å². The van der Waals surface area contributed by atoms with E-state index < -0.39 is 0 Å². The van der Waals surface area contributed by atoms with Crippen molar-refractivity contribution < 1.29 is 4.79 Å². The van der Waals surface area contributed by atoms with Crippen LogP contribution in [0.25, 0.3) is 24.3 Å². The van der Waals surface area contributed by atoms with Crippen molar-refractivity contribution in [2.75, 3.05) is 0 Å². The van der Waals surface area contributed by atoms with Crippen LogP contribution < -0.4 is 21.4 Å². The van der Waals surface area contributed by atoms with Crippen LogP contribution in [0, 0.1) is 0 Å². The Morgan fingerprint density at radius 3 is 1.80 bits per heavy atom. The molecule has 3 aliphatic heterocycles. The highest BCUT2D eigenvalue weighted by molar-refractivity contribution is 8.14. The fourth-order valence-electron chi connectivity index (χ4n) is 5.71. The zero-order chi connectivity index (χ0) is 23.1. The normalized spacial score (nSPS) is 19.1. The van der Waals surface area contributed by atoms with Crippen LogP contribution in [-0.2, 0) is 4.79 Å². The van der Waals surface area contributed by atoms with Gasteiger partial charge < -0.3 is 19.9 Å². The third-order valence-corrected chi connectivity index (χ3v) is 8.36. The zero-order valence-corrected chi connectivity index (χ0v) is 19.4. The maximum absolute atomic E-state index is 13.2. The van der Waals surface area contributed by atoms with Gasteiger partial charge in [0.15, 0.2) is 0 Å². The molecule has 0 saturated carbocycles. The number of nitrogens with one attached hydrogen (secondary N) is 4. The molecule has 35 heavy (non-hydrogen) atoms. The molecule has 0 spiro atoms. The minimum Gasteiger partial charge on any atom is -0.355 e. The van der Waals surface area contributed by atoms with Crippen LogP contribution in [0.2, 0.25) is 0 Å². The maximum Gasteiger partial charge on any atom is 0.201 e. The molecule has 4 N–H and O–H groups in total. The van der Waals surface area contributed by atoms with Crippen molar-refractivity contribution in [2.45, 2.75) is 11.2 Å². The Morgan fingerprint density at radius 2 is 1.14 bits per heavy atom. The number of fused-ring (bicyclic) bond motifs is 9. The molecule has 168 valence electrons. The van der Waals surface area contributed by atoms with E-state index in [0.717, 1.165) is 55.3 Å². The molecule has 2 atom stereocenters. The summed E-state index contributed by atoms with van der Waals surface area (Å²) in [5.74, 6) is -0.256. The third-order valence-electron chi connectivity index (χ3n) is 7.16. The van der Waals surface area contributed by atoms with Gasteiger partial charge in [0.25, 0.3) is 0 Å². The van der Waals surface area contributed by atoms with Gasteiger partial charge in [0.1, 0.15) is 0 Å². The number of carbonyl (C=O) groups excluding carboxylic acids is 1. The number of H-pyrrole nitrogens is 4. The van der Waals surface area contributed by atoms with Crippen molar-refractivity contribution in [1.29, 1.82) is 0 Å². The summed E-state index contributed by atoms with van der Waals surface area (Å²) >= 11 is 1.46. The minimum atomic E-state index is -0.256. The van der Waals surface area contributed by atoms with Crippen LogP contribution in [-0.4, -0.2) is 25.1 Å². The Bertz CT molecular complexity index is 1930. The van der Waals surface area contributed by atoms with E-state index in [-0.39, 0.29) is 16.3 Å². The Labute approximate surface area is 204 Å². The van der Waals surface area contributed by atoms with Crippen molar-refractivity contribution in [3.05, 3.63) is 127 Å². The van der Waals surface area contributed by atoms with Gasteiger partial charge in [-0.3, -0.25) is 4.79 Å². The third kappa shape index (κ3) is 2.87. The predicted octanol–water partition coefficient (Wildman–Crippen LogP) is 2.44. The maximum atomic E-state index is 13.2. The quantitative estimate of drug-likeness (QED) is 0.274. The van der Waals surface area contributed by atoms with Gasteiger partial charge in [0.05, 0.1) is 11.2 Å². The number of carbonyl (C=O) groups is 1. The first-order valence-corrected chi connectivity index (χ1v) is 12.6. The lowest BCUT2D eigenvalue weighted by atomic mass is 9.78. The average molecular weight is 473 g/mol. The molecule has 0 saturated heterocycles. The van der Waals surface area contributed by atoms with E-state index in [4.69, 9.17) is 0 Å². The molecule has 10 bridgehead atoms. The van der Waals surface area contributed by atoms with Crippen molar-refractivity contribution in [2.24, 2.45) is 0 Å². The lowest BCUT2D eigenvalue weighted by molar-refractivity contribution is -0.111. The first kappa shape index (κ1) is 19.2. The summed E-state index contributed by atoms with van der Waals surface area (Å²) in [7, 11) is 0. The topological polar surface area (TPSA) is 80.2 Å². The van der Waals surface area contributed by atoms with E-state index in [0.29, 0.717) is 0 Å². The molecule has 4 aromatic heterocycles. The summed E-state index contributed by atoms with van der Waals surface area (Å²) in [5, 5.41) is 4.34. The van der Waals surface area contributed by atoms with Crippen LogP contribution in [0.15, 0.2) is 60.7 Å². The van der Waals surface area contributed by atoms with Crippen LogP contribution in [0.5, 0.6) is 0 Å². The summed E-state index contributed by atoms with van der Waals surface area (Å²) in [4.78, 5) is 27.4. The molecule has 1 aromatic carbocycles. The van der Waals surface area contributed by atoms with E-state index in [2.05, 4.69) is 98.8 Å². The van der Waals surface area contributed by atoms with Gasteiger partial charge in [-0.05, 0) is 83.0 Å². The van der Waals surface area contributed by atoms with Crippen molar-refractivity contribution in [1.82, 2.24) is 19.9 Å². The number of aromatic nitrogens is 4. The minimum absolute atomic E-state index is 0.00371. The van der Waals surface area contributed by atoms with Gasteiger partial charge in [-0.2, -0.15) is 0 Å². The Balaban J connectivity index is 1.46. The second-order valence-corrected chi connectivity index (χ2v) is 10.5. The zero-order valence-electron chi connectivity index (χ0n) is 18.6. The molecule has 5 nitrogen and oxygen atoms in total. The molecule has 9 rings (SSSR count). The molecule has 5 aromatic rings. The smallest absolute Gasteiger partial charge is 0.201 e. The highest BCUT2D eigenvalue weighted by Gasteiger charge is 2.45. The summed E-state index contributed by atoms with van der Waals surface area (Å²) in [5.41, 5.74) is 8.78. The van der Waals surface area contributed by atoms with Crippen molar-refractivity contribution in [3.8, 4) is 0 Å². The molecule has 1 aliphatic carbocycles. The van der Waals surface area contributed by atoms with Crippen LogP contribution in [0.3, 0.4) is 0 Å². The van der Waals surface area contributed by atoms with Gasteiger partial charge in [0.2, 0.25) is 5.12 Å². The van der Waals surface area contributed by atoms with Gasteiger partial charge >= 0.3 is 0 Å². The molecule has 7 heterocycles. The van der Waals surface area contributed by atoms with E-state index >= 15 is 0 Å². The van der Waals surface area contributed by atoms with Crippen molar-refractivity contribution in [3.63, 3.8) is 0 Å². The average Bonchev–Trinajstić information content (AvgIpc) is 3.65. The van der Waals surface area contributed by atoms with E-state index in [9.17, 15) is 4.79 Å². The van der Waals surface area contributed by atoms with Crippen LogP contribution in [0.1, 0.15) is 56.2 Å². The summed E-state index contributed by atoms with van der Waals surface area (Å²) in [6, 6.07) is 20.9. The number of thioether (sulfide) groups is 1. The highest BCUT2D eigenvalue weighted by Crippen LogP contribution is 2.54. The predicted molar refractivity (Wildman–Crippen MR) is 139 cm³/mol. The lowest BCUT2D eigenvalue weighted by Crippen LogP contribution is -2.32. The van der Waals surface area contributed by atoms with Gasteiger partial charge in [-0.1, -0.05) is 36.0 Å². The molecule has 4 aliphatic rings. The summed E-state index contributed by atoms with van der Waals surface area (Å²) < 4.78 is 0. The van der Waals surface area contributed by atoms with Gasteiger partial charge in [-0.25, -0.2) is 0 Å². The van der Waals surface area contributed by atoms with Crippen molar-refractivity contribution >= 4 is 41.2 Å². The molecule has 6 heteroatoms. The van der Waals surface area contributed by atoms with Gasteiger partial charge in [-0.15, -0.1) is 0 Å². The Morgan fingerprint density at radius 1 is 0.571 bits per heavy atom. The highest BCUT2D eigenvalue weighted by atomic mass is 32.2. The van der Waals surface area contributed by atoms with E-state index in [1.165, 1.54) is 22.9 Å². The number of aromatic amines is 4. The molecule has 2 unspecified atom stereocenters. The fourth-order valence-corrected chi connectivity index (χ4v) is 7.03. The lowest BCUT2D eigenvalue weighted by Gasteiger charge is -2.36. The second-order valence-electron chi connectivity index (χ2n) is 9.34. The van der Waals surface area contributed by atoms with E-state index in [1.807, 2.05) is 6.07 Å². The standard InChI is InChI=1S/C29H20N4OS/c34-29-25-21-3-1-2-4-22(21)28(35-29)27-24-14-20-10-8-18(32-20)12-16-6-5-15(30-16)11-17-7-9-19(31-17)13-23(33-24)26(25)27/h1-14,25,28,30-33H. The molecule has 0 fully saturated rings. The fraction of sp³-hybridized carbons (Fsp3) is 0.0690. The molecule has 0 radical (unpaired) electrons. The summed E-state index contributed by atoms with van der Waals surface area (Å²) in [6.45, 7) is 0. The first-order chi connectivity index (χ1) is 17.2. The molecular formula is C29H20N4OS. The second kappa shape index (κ2) is 6.93. The largest absolute Gasteiger partial charge is 0.355 e. The number of rotatable bonds is 0. The molecular weight excluding hydrogens is 452 g/mol. The Hall–Kier alpha value is -4.16. The van der Waals surface area contributed by atoms with Crippen LogP contribution >= 0.6 is 11.8 Å². The number of hydrogen-bond acceptors (Lipinski definition) is 2. The molecule has 0 amide bonds. The Kier molecular flexibility index (Phi) is 3.80.